The van der Waals surface area contributed by atoms with Crippen LogP contribution in [0.1, 0.15) is 36.9 Å². The molecule has 3 aromatic rings. The molecule has 0 aliphatic heterocycles. The lowest BCUT2D eigenvalue weighted by Crippen LogP contribution is -2.46. The van der Waals surface area contributed by atoms with E-state index in [2.05, 4.69) is 10.5 Å². The van der Waals surface area contributed by atoms with Crippen LogP contribution < -0.4 is 14.5 Å². The third kappa shape index (κ3) is 7.20. The SMILES string of the molecule is CCOC(=O)c1ccc(-c2ccc(/C=N\NC(=O)[C@@H](C)N(c3ccc(OCC)cc3)S(C)(=O)=O)o2)cc1. The molecule has 1 aromatic heterocycles. The molecular weight excluding hydrogens is 498 g/mol. The molecule has 0 spiro atoms. The number of nitrogens with zero attached hydrogens (tertiary/aromatic N) is 2. The number of hydrogen-bond donors (Lipinski definition) is 1. The van der Waals surface area contributed by atoms with E-state index in [-0.39, 0.29) is 0 Å². The maximum absolute atomic E-state index is 12.7. The van der Waals surface area contributed by atoms with Gasteiger partial charge >= 0.3 is 5.97 Å². The third-order valence-corrected chi connectivity index (χ3v) is 6.41. The van der Waals surface area contributed by atoms with Gasteiger partial charge in [0.05, 0.1) is 36.9 Å². The van der Waals surface area contributed by atoms with Crippen LogP contribution in [0, 0.1) is 0 Å². The van der Waals surface area contributed by atoms with E-state index in [1.165, 1.54) is 13.1 Å². The molecule has 10 nitrogen and oxygen atoms in total. The van der Waals surface area contributed by atoms with Gasteiger partial charge in [-0.15, -0.1) is 0 Å². The number of carbonyl (C=O) groups is 2. The number of rotatable bonds is 11. The molecule has 196 valence electrons. The summed E-state index contributed by atoms with van der Waals surface area (Å²) in [5.41, 5.74) is 3.85. The number of ether oxygens (including phenoxy) is 2. The molecule has 0 unspecified atom stereocenters. The minimum atomic E-state index is -3.77. The van der Waals surface area contributed by atoms with Crippen molar-refractivity contribution in [3.05, 3.63) is 72.0 Å². The fraction of sp³-hybridized carbons (Fsp3) is 0.269. The second kappa shape index (κ2) is 12.2. The highest BCUT2D eigenvalue weighted by Crippen LogP contribution is 2.24. The van der Waals surface area contributed by atoms with Crippen molar-refractivity contribution in [2.45, 2.75) is 26.8 Å². The standard InChI is InChI=1S/C26H29N3O7S/c1-5-34-22-13-11-21(12-14-22)29(37(4,32)33)18(3)25(30)28-27-17-23-15-16-24(36-23)19-7-9-20(10-8-19)26(31)35-6-2/h7-18H,5-6H2,1-4H3,(H,28,30)/b27-17-/t18-/m1/s1. The van der Waals surface area contributed by atoms with Gasteiger partial charge in [-0.25, -0.2) is 18.6 Å². The monoisotopic (exact) mass is 527 g/mol. The van der Waals surface area contributed by atoms with Crippen molar-refractivity contribution in [3.63, 3.8) is 0 Å². The van der Waals surface area contributed by atoms with Gasteiger partial charge in [0, 0.05) is 5.56 Å². The zero-order valence-corrected chi connectivity index (χ0v) is 21.8. The van der Waals surface area contributed by atoms with Gasteiger partial charge in [-0.2, -0.15) is 5.10 Å². The second-order valence-electron chi connectivity index (χ2n) is 7.90. The van der Waals surface area contributed by atoms with E-state index in [1.807, 2.05) is 6.92 Å². The van der Waals surface area contributed by atoms with Crippen molar-refractivity contribution in [1.29, 1.82) is 0 Å². The van der Waals surface area contributed by atoms with Gasteiger partial charge in [0.1, 0.15) is 23.3 Å². The summed E-state index contributed by atoms with van der Waals surface area (Å²) in [6.07, 6.45) is 2.34. The predicted octanol–water partition coefficient (Wildman–Crippen LogP) is 3.83. The first-order chi connectivity index (χ1) is 17.6. The summed E-state index contributed by atoms with van der Waals surface area (Å²) < 4.78 is 42.0. The minimum absolute atomic E-state index is 0.296. The predicted molar refractivity (Wildman–Crippen MR) is 140 cm³/mol. The van der Waals surface area contributed by atoms with E-state index >= 15 is 0 Å². The number of sulfonamides is 1. The van der Waals surface area contributed by atoms with Gasteiger partial charge in [0.2, 0.25) is 10.0 Å². The van der Waals surface area contributed by atoms with Gasteiger partial charge < -0.3 is 13.9 Å². The maximum Gasteiger partial charge on any atom is 0.338 e. The molecule has 11 heteroatoms. The minimum Gasteiger partial charge on any atom is -0.494 e. The number of carbonyl (C=O) groups excluding carboxylic acids is 2. The molecule has 1 N–H and O–H groups in total. The second-order valence-corrected chi connectivity index (χ2v) is 9.76. The summed E-state index contributed by atoms with van der Waals surface area (Å²) in [5, 5.41) is 3.90. The molecular formula is C26H29N3O7S. The van der Waals surface area contributed by atoms with E-state index in [0.29, 0.717) is 41.7 Å². The Morgan fingerprint density at radius 1 is 1.03 bits per heavy atom. The highest BCUT2D eigenvalue weighted by molar-refractivity contribution is 7.92. The Balaban J connectivity index is 1.66. The van der Waals surface area contributed by atoms with Crippen LogP contribution in [0.3, 0.4) is 0 Å². The average Bonchev–Trinajstić information content (AvgIpc) is 3.33. The van der Waals surface area contributed by atoms with Crippen molar-refractivity contribution in [3.8, 4) is 17.1 Å². The summed E-state index contributed by atoms with van der Waals surface area (Å²) in [4.78, 5) is 24.5. The first kappa shape index (κ1) is 27.5. The molecule has 0 bridgehead atoms. The highest BCUT2D eigenvalue weighted by atomic mass is 32.2. The summed E-state index contributed by atoms with van der Waals surface area (Å²) in [5.74, 6) is 0.466. The molecule has 0 radical (unpaired) electrons. The van der Waals surface area contributed by atoms with Crippen LogP contribution in [-0.2, 0) is 19.6 Å². The number of anilines is 1. The molecule has 0 saturated carbocycles. The number of esters is 1. The first-order valence-electron chi connectivity index (χ1n) is 11.6. The van der Waals surface area contributed by atoms with Crippen LogP contribution in [0.15, 0.2) is 70.2 Å². The lowest BCUT2D eigenvalue weighted by molar-refractivity contribution is -0.121. The first-order valence-corrected chi connectivity index (χ1v) is 13.4. The molecule has 1 atom stereocenters. The Labute approximate surface area is 215 Å². The average molecular weight is 528 g/mol. The number of furan rings is 1. The Morgan fingerprint density at radius 3 is 2.30 bits per heavy atom. The molecule has 3 rings (SSSR count). The molecule has 0 aliphatic rings. The lowest BCUT2D eigenvalue weighted by Gasteiger charge is -2.27. The Morgan fingerprint density at radius 2 is 1.70 bits per heavy atom. The Bertz CT molecular complexity index is 1350. The third-order valence-electron chi connectivity index (χ3n) is 5.16. The summed E-state index contributed by atoms with van der Waals surface area (Å²) >= 11 is 0. The van der Waals surface area contributed by atoms with Crippen LogP contribution in [0.4, 0.5) is 5.69 Å². The van der Waals surface area contributed by atoms with E-state index in [9.17, 15) is 18.0 Å². The van der Waals surface area contributed by atoms with E-state index in [4.69, 9.17) is 13.9 Å². The van der Waals surface area contributed by atoms with E-state index < -0.39 is 27.9 Å². The van der Waals surface area contributed by atoms with Crippen LogP contribution >= 0.6 is 0 Å². The van der Waals surface area contributed by atoms with Crippen molar-refractivity contribution in [2.24, 2.45) is 5.10 Å². The van der Waals surface area contributed by atoms with Gasteiger partial charge in [-0.3, -0.25) is 9.10 Å². The molecule has 0 aliphatic carbocycles. The van der Waals surface area contributed by atoms with E-state index in [0.717, 1.165) is 16.1 Å². The number of amides is 1. The van der Waals surface area contributed by atoms with Crippen molar-refractivity contribution in [1.82, 2.24) is 5.43 Å². The van der Waals surface area contributed by atoms with Crippen LogP contribution in [0.5, 0.6) is 5.75 Å². The zero-order chi connectivity index (χ0) is 27.0. The fourth-order valence-corrected chi connectivity index (χ4v) is 4.65. The van der Waals surface area contributed by atoms with E-state index in [1.54, 1.807) is 67.6 Å². The smallest absolute Gasteiger partial charge is 0.338 e. The molecule has 0 saturated heterocycles. The van der Waals surface area contributed by atoms with Gasteiger partial charge in [-0.05, 0) is 69.3 Å². The summed E-state index contributed by atoms with van der Waals surface area (Å²) in [7, 11) is -3.77. The van der Waals surface area contributed by atoms with Gasteiger partial charge in [0.15, 0.2) is 0 Å². The van der Waals surface area contributed by atoms with Gasteiger partial charge in [-0.1, -0.05) is 12.1 Å². The Kier molecular flexibility index (Phi) is 9.07. The number of nitrogens with one attached hydrogen (secondary N) is 1. The number of benzene rings is 2. The summed E-state index contributed by atoms with van der Waals surface area (Å²) in [6.45, 7) is 5.82. The molecule has 37 heavy (non-hydrogen) atoms. The molecule has 1 amide bonds. The number of hydrogen-bond acceptors (Lipinski definition) is 8. The lowest BCUT2D eigenvalue weighted by atomic mass is 10.1. The normalized spacial score (nSPS) is 12.2. The molecule has 2 aromatic carbocycles. The van der Waals surface area contributed by atoms with Gasteiger partial charge in [0.25, 0.3) is 5.91 Å². The van der Waals surface area contributed by atoms with Crippen LogP contribution in [0.25, 0.3) is 11.3 Å². The fourth-order valence-electron chi connectivity index (χ4n) is 3.48. The quantitative estimate of drug-likeness (QED) is 0.228. The largest absolute Gasteiger partial charge is 0.494 e. The Hall–Kier alpha value is -4.12. The van der Waals surface area contributed by atoms with Crippen LogP contribution in [0.2, 0.25) is 0 Å². The number of hydrazone groups is 1. The zero-order valence-electron chi connectivity index (χ0n) is 21.0. The van der Waals surface area contributed by atoms with Crippen LogP contribution in [-0.4, -0.2) is 52.0 Å². The highest BCUT2D eigenvalue weighted by Gasteiger charge is 2.29. The summed E-state index contributed by atoms with van der Waals surface area (Å²) in [6, 6.07) is 15.5. The molecule has 0 fully saturated rings. The molecule has 1 heterocycles. The topological polar surface area (TPSA) is 128 Å². The van der Waals surface area contributed by atoms with Crippen molar-refractivity contribution >= 4 is 33.8 Å². The van der Waals surface area contributed by atoms with Crippen molar-refractivity contribution < 1.29 is 31.9 Å². The maximum atomic E-state index is 12.7. The van der Waals surface area contributed by atoms with Crippen molar-refractivity contribution in [2.75, 3.05) is 23.8 Å².